The van der Waals surface area contributed by atoms with Crippen LogP contribution in [-0.2, 0) is 19.0 Å². The molecule has 256 valence electrons. The standard InChI is InChI=1S/C37H66O7/c1-3-4-5-6-7-8-9-10-11-12-13-14-15-16-19-23-31(39)35-27-32(40)36(44-35)34-25-24-33(43-34)30(38)22-20-17-18-21-29-26-28(2)42-37(29)41/h26,28,30-36,38-40H,3-25,27H2,1-2H3/t28-,30+,31-,32+,33-,34-,35-,36-/m0/s1. The van der Waals surface area contributed by atoms with E-state index in [0.717, 1.165) is 56.9 Å². The molecule has 0 unspecified atom stereocenters. The van der Waals surface area contributed by atoms with E-state index in [1.54, 1.807) is 0 Å². The predicted molar refractivity (Wildman–Crippen MR) is 175 cm³/mol. The summed E-state index contributed by atoms with van der Waals surface area (Å²) in [6, 6.07) is 0. The quantitative estimate of drug-likeness (QED) is 0.0703. The van der Waals surface area contributed by atoms with Gasteiger partial charge in [0.05, 0.1) is 36.6 Å². The molecule has 0 aromatic carbocycles. The van der Waals surface area contributed by atoms with E-state index in [-0.39, 0.29) is 30.4 Å². The van der Waals surface area contributed by atoms with Crippen LogP contribution in [-0.4, -0.2) is 70.1 Å². The SMILES string of the molecule is CCCCCCCCCCCCCCCCC[C@H](O)[C@@H]1C[C@@H](O)[C@@H]([C@@H]2CC[C@@H]([C@H](O)CCCCCC3=C[C@H](C)OC3=O)O2)O1. The maximum Gasteiger partial charge on any atom is 0.334 e. The highest BCUT2D eigenvalue weighted by molar-refractivity contribution is 5.90. The third-order valence-electron chi connectivity index (χ3n) is 10.0. The molecule has 8 atom stereocenters. The maximum absolute atomic E-state index is 11.7. The molecular formula is C37H66O7. The van der Waals surface area contributed by atoms with Crippen molar-refractivity contribution in [2.45, 2.75) is 217 Å². The Labute approximate surface area is 268 Å². The van der Waals surface area contributed by atoms with Crippen LogP contribution in [0.1, 0.15) is 168 Å². The number of hydrogen-bond acceptors (Lipinski definition) is 7. The lowest BCUT2D eigenvalue weighted by Crippen LogP contribution is -2.37. The van der Waals surface area contributed by atoms with Crippen molar-refractivity contribution in [1.29, 1.82) is 0 Å². The molecule has 0 aromatic heterocycles. The summed E-state index contributed by atoms with van der Waals surface area (Å²) in [5.74, 6) is -0.195. The van der Waals surface area contributed by atoms with E-state index >= 15 is 0 Å². The predicted octanol–water partition coefficient (Wildman–Crippen LogP) is 7.86. The molecule has 3 N–H and O–H groups in total. The lowest BCUT2D eigenvalue weighted by molar-refractivity contribution is -0.139. The molecular weight excluding hydrogens is 556 g/mol. The number of aliphatic hydroxyl groups is 3. The van der Waals surface area contributed by atoms with Crippen LogP contribution in [0.2, 0.25) is 0 Å². The Hall–Kier alpha value is -0.990. The van der Waals surface area contributed by atoms with Crippen LogP contribution in [0, 0.1) is 0 Å². The summed E-state index contributed by atoms with van der Waals surface area (Å²) in [6.07, 6.45) is 25.4. The average Bonchev–Trinajstić information content (AvgIpc) is 3.73. The Morgan fingerprint density at radius 1 is 0.727 bits per heavy atom. The third kappa shape index (κ3) is 13.8. The molecule has 2 saturated heterocycles. The highest BCUT2D eigenvalue weighted by Crippen LogP contribution is 2.35. The van der Waals surface area contributed by atoms with Crippen LogP contribution in [0.3, 0.4) is 0 Å². The zero-order chi connectivity index (χ0) is 31.6. The van der Waals surface area contributed by atoms with Crippen molar-refractivity contribution in [3.05, 3.63) is 11.6 Å². The van der Waals surface area contributed by atoms with E-state index in [1.165, 1.54) is 83.5 Å². The summed E-state index contributed by atoms with van der Waals surface area (Å²) in [7, 11) is 0. The normalized spacial score (nSPS) is 28.4. The fourth-order valence-electron chi connectivity index (χ4n) is 7.27. The van der Waals surface area contributed by atoms with Crippen molar-refractivity contribution < 1.29 is 34.3 Å². The van der Waals surface area contributed by atoms with Gasteiger partial charge in [-0.05, 0) is 51.5 Å². The van der Waals surface area contributed by atoms with Crippen LogP contribution in [0.5, 0.6) is 0 Å². The number of aliphatic hydroxyl groups excluding tert-OH is 3. The van der Waals surface area contributed by atoms with E-state index in [4.69, 9.17) is 14.2 Å². The van der Waals surface area contributed by atoms with E-state index in [0.29, 0.717) is 19.3 Å². The minimum atomic E-state index is -0.643. The Kier molecular flexibility index (Phi) is 18.5. The van der Waals surface area contributed by atoms with E-state index < -0.39 is 24.4 Å². The first-order valence-corrected chi connectivity index (χ1v) is 18.7. The van der Waals surface area contributed by atoms with Crippen LogP contribution in [0.15, 0.2) is 11.6 Å². The van der Waals surface area contributed by atoms with Gasteiger partial charge in [-0.15, -0.1) is 0 Å². The van der Waals surface area contributed by atoms with Crippen molar-refractivity contribution in [2.75, 3.05) is 0 Å². The van der Waals surface area contributed by atoms with Crippen molar-refractivity contribution in [1.82, 2.24) is 0 Å². The van der Waals surface area contributed by atoms with E-state index in [2.05, 4.69) is 6.92 Å². The number of esters is 1. The fraction of sp³-hybridized carbons (Fsp3) is 0.919. The number of carbonyl (C=O) groups is 1. The van der Waals surface area contributed by atoms with Gasteiger partial charge >= 0.3 is 5.97 Å². The fourth-order valence-corrected chi connectivity index (χ4v) is 7.27. The molecule has 0 spiro atoms. The monoisotopic (exact) mass is 622 g/mol. The molecule has 0 amide bonds. The number of rotatable bonds is 25. The number of unbranched alkanes of at least 4 members (excludes halogenated alkanes) is 16. The molecule has 3 aliphatic rings. The number of carbonyl (C=O) groups excluding carboxylic acids is 1. The zero-order valence-corrected chi connectivity index (χ0v) is 28.1. The third-order valence-corrected chi connectivity index (χ3v) is 10.0. The molecule has 44 heavy (non-hydrogen) atoms. The first-order valence-electron chi connectivity index (χ1n) is 18.7. The molecule has 0 bridgehead atoms. The highest BCUT2D eigenvalue weighted by atomic mass is 16.6. The van der Waals surface area contributed by atoms with Gasteiger partial charge in [-0.2, -0.15) is 0 Å². The van der Waals surface area contributed by atoms with Gasteiger partial charge in [0.2, 0.25) is 0 Å². The molecule has 7 nitrogen and oxygen atoms in total. The first kappa shape index (κ1) is 37.5. The first-order chi connectivity index (χ1) is 21.4. The second-order valence-corrected chi connectivity index (χ2v) is 14.0. The number of cyclic esters (lactones) is 1. The van der Waals surface area contributed by atoms with Crippen molar-refractivity contribution in [3.63, 3.8) is 0 Å². The van der Waals surface area contributed by atoms with Crippen LogP contribution in [0.4, 0.5) is 0 Å². The Bertz CT molecular complexity index is 801. The number of hydrogen-bond donors (Lipinski definition) is 3. The van der Waals surface area contributed by atoms with Gasteiger partial charge < -0.3 is 29.5 Å². The van der Waals surface area contributed by atoms with Crippen molar-refractivity contribution >= 4 is 5.97 Å². The number of ether oxygens (including phenoxy) is 3. The van der Waals surface area contributed by atoms with Gasteiger partial charge in [-0.3, -0.25) is 0 Å². The minimum absolute atomic E-state index is 0.119. The topological polar surface area (TPSA) is 105 Å². The van der Waals surface area contributed by atoms with Crippen molar-refractivity contribution in [3.8, 4) is 0 Å². The Balaban J connectivity index is 1.17. The largest absolute Gasteiger partial charge is 0.455 e. The second kappa shape index (κ2) is 21.7. The van der Waals surface area contributed by atoms with Gasteiger partial charge in [0.15, 0.2) is 0 Å². The minimum Gasteiger partial charge on any atom is -0.455 e. The molecule has 0 aromatic rings. The Morgan fingerprint density at radius 3 is 1.80 bits per heavy atom. The van der Waals surface area contributed by atoms with Gasteiger partial charge in [0.25, 0.3) is 0 Å². The molecule has 7 heteroatoms. The molecule has 0 saturated carbocycles. The van der Waals surface area contributed by atoms with Crippen molar-refractivity contribution in [2.24, 2.45) is 0 Å². The van der Waals surface area contributed by atoms with Gasteiger partial charge in [-0.25, -0.2) is 4.79 Å². The summed E-state index contributed by atoms with van der Waals surface area (Å²) in [6.45, 7) is 4.15. The zero-order valence-electron chi connectivity index (χ0n) is 28.1. The lowest BCUT2D eigenvalue weighted by atomic mass is 9.99. The Morgan fingerprint density at radius 2 is 1.25 bits per heavy atom. The molecule has 3 aliphatic heterocycles. The van der Waals surface area contributed by atoms with Gasteiger partial charge in [0.1, 0.15) is 12.2 Å². The molecule has 0 aliphatic carbocycles. The van der Waals surface area contributed by atoms with Crippen LogP contribution >= 0.6 is 0 Å². The summed E-state index contributed by atoms with van der Waals surface area (Å²) in [5.41, 5.74) is 0.772. The van der Waals surface area contributed by atoms with Gasteiger partial charge in [0, 0.05) is 12.0 Å². The summed E-state index contributed by atoms with van der Waals surface area (Å²) < 4.78 is 17.5. The maximum atomic E-state index is 11.7. The van der Waals surface area contributed by atoms with Gasteiger partial charge in [-0.1, -0.05) is 116 Å². The van der Waals surface area contributed by atoms with E-state index in [9.17, 15) is 20.1 Å². The lowest BCUT2D eigenvalue weighted by Gasteiger charge is -2.25. The molecule has 2 fully saturated rings. The highest BCUT2D eigenvalue weighted by Gasteiger charge is 2.45. The smallest absolute Gasteiger partial charge is 0.334 e. The summed E-state index contributed by atoms with van der Waals surface area (Å²) in [5, 5.41) is 32.2. The van der Waals surface area contributed by atoms with E-state index in [1.807, 2.05) is 13.0 Å². The summed E-state index contributed by atoms with van der Waals surface area (Å²) in [4.78, 5) is 11.7. The van der Waals surface area contributed by atoms with Crippen LogP contribution in [0.25, 0.3) is 0 Å². The summed E-state index contributed by atoms with van der Waals surface area (Å²) >= 11 is 0. The van der Waals surface area contributed by atoms with Crippen LogP contribution < -0.4 is 0 Å². The second-order valence-electron chi connectivity index (χ2n) is 14.0. The molecule has 3 heterocycles. The average molecular weight is 623 g/mol. The molecule has 3 rings (SSSR count). The molecule has 0 radical (unpaired) electrons.